The van der Waals surface area contributed by atoms with E-state index in [1.165, 1.54) is 16.7 Å². The lowest BCUT2D eigenvalue weighted by Crippen LogP contribution is -2.56. The van der Waals surface area contributed by atoms with Crippen molar-refractivity contribution in [3.05, 3.63) is 11.3 Å². The van der Waals surface area contributed by atoms with Crippen LogP contribution in [0.4, 0.5) is 23.8 Å². The number of hydrogen-bond acceptors (Lipinski definition) is 8. The molecule has 2 aliphatic heterocycles. The van der Waals surface area contributed by atoms with E-state index in [1.807, 2.05) is 4.90 Å². The minimum absolute atomic E-state index is 0.0527. The largest absolute Gasteiger partial charge is 0.471 e. The minimum atomic E-state index is -4.98. The normalized spacial score (nSPS) is 18.7. The first kappa shape index (κ1) is 24.9. The lowest BCUT2D eigenvalue weighted by Gasteiger charge is -2.41. The van der Waals surface area contributed by atoms with E-state index >= 15 is 0 Å². The molecule has 0 spiro atoms. The van der Waals surface area contributed by atoms with Crippen LogP contribution in [0.5, 0.6) is 0 Å². The summed E-state index contributed by atoms with van der Waals surface area (Å²) >= 11 is 1.24. The fraction of sp³-hybridized carbons (Fsp3) is 0.650. The van der Waals surface area contributed by atoms with Crippen LogP contribution in [0.1, 0.15) is 38.4 Å². The van der Waals surface area contributed by atoms with E-state index in [-0.39, 0.29) is 32.6 Å². The second kappa shape index (κ2) is 9.24. The summed E-state index contributed by atoms with van der Waals surface area (Å²) in [6.07, 6.45) is -3.70. The number of carbonyl (C=O) groups excluding carboxylic acids is 2. The van der Waals surface area contributed by atoms with Crippen molar-refractivity contribution in [2.45, 2.75) is 63.3 Å². The summed E-state index contributed by atoms with van der Waals surface area (Å²) < 4.78 is 44.4. The molecule has 2 amide bonds. The van der Waals surface area contributed by atoms with Crippen LogP contribution < -0.4 is 4.90 Å². The molecule has 180 valence electrons. The van der Waals surface area contributed by atoms with Crippen molar-refractivity contribution in [1.82, 2.24) is 19.8 Å². The van der Waals surface area contributed by atoms with E-state index in [0.29, 0.717) is 33.7 Å². The van der Waals surface area contributed by atoms with Crippen LogP contribution in [0.15, 0.2) is 5.16 Å². The third-order valence-corrected chi connectivity index (χ3v) is 5.74. The molecule has 3 rings (SSSR count). The number of carbonyl (C=O) groups is 2. The standard InChI is InChI=1S/C20H25F3N6O3S/c1-19(2,3)32-18(31)29-8-7-27(9-12(29)5-6-24)15-13-10-28(16(30)20(21,22)23)11-14(13)25-17(26-15)33-4/h12H,5,7-11H2,1-4H3/t12-/m0/s1. The molecule has 1 fully saturated rings. The first-order valence-electron chi connectivity index (χ1n) is 10.3. The van der Waals surface area contributed by atoms with Gasteiger partial charge in [0.05, 0.1) is 37.3 Å². The van der Waals surface area contributed by atoms with Crippen LogP contribution in [0.3, 0.4) is 0 Å². The number of piperazine rings is 1. The molecule has 0 N–H and O–H groups in total. The summed E-state index contributed by atoms with van der Waals surface area (Å²) in [5, 5.41) is 9.66. The number of nitrogens with zero attached hydrogens (tertiary/aromatic N) is 6. The Hall–Kier alpha value is -2.75. The number of nitriles is 1. The van der Waals surface area contributed by atoms with Crippen LogP contribution in [-0.4, -0.2) is 75.5 Å². The van der Waals surface area contributed by atoms with Crippen LogP contribution >= 0.6 is 11.8 Å². The number of amides is 2. The number of rotatable bonds is 3. The molecular weight excluding hydrogens is 461 g/mol. The first-order chi connectivity index (χ1) is 15.3. The summed E-state index contributed by atoms with van der Waals surface area (Å²) in [7, 11) is 0. The molecule has 2 aliphatic rings. The van der Waals surface area contributed by atoms with Gasteiger partial charge < -0.3 is 19.4 Å². The van der Waals surface area contributed by atoms with Gasteiger partial charge in [-0.1, -0.05) is 11.8 Å². The van der Waals surface area contributed by atoms with Gasteiger partial charge in [0.15, 0.2) is 5.16 Å². The number of fused-ring (bicyclic) bond motifs is 1. The Bertz CT molecular complexity index is 976. The average molecular weight is 487 g/mol. The highest BCUT2D eigenvalue weighted by molar-refractivity contribution is 7.98. The van der Waals surface area contributed by atoms with Gasteiger partial charge in [0.1, 0.15) is 11.4 Å². The fourth-order valence-corrected chi connectivity index (χ4v) is 4.16. The molecule has 1 saturated heterocycles. The van der Waals surface area contributed by atoms with Crippen LogP contribution in [-0.2, 0) is 22.6 Å². The number of thioether (sulfide) groups is 1. The van der Waals surface area contributed by atoms with Crippen molar-refractivity contribution in [2.75, 3.05) is 30.8 Å². The molecule has 3 heterocycles. The number of hydrogen-bond donors (Lipinski definition) is 0. The molecule has 0 saturated carbocycles. The lowest BCUT2D eigenvalue weighted by molar-refractivity contribution is -0.186. The third kappa shape index (κ3) is 5.61. The highest BCUT2D eigenvalue weighted by Crippen LogP contribution is 2.34. The second-order valence-electron chi connectivity index (χ2n) is 8.75. The van der Waals surface area contributed by atoms with Gasteiger partial charge in [-0.05, 0) is 27.0 Å². The quantitative estimate of drug-likeness (QED) is 0.475. The van der Waals surface area contributed by atoms with Crippen LogP contribution in [0, 0.1) is 11.3 Å². The van der Waals surface area contributed by atoms with Gasteiger partial charge in [-0.3, -0.25) is 4.79 Å². The lowest BCUT2D eigenvalue weighted by atomic mass is 10.1. The van der Waals surface area contributed by atoms with Crippen molar-refractivity contribution in [1.29, 1.82) is 5.26 Å². The van der Waals surface area contributed by atoms with Gasteiger partial charge in [-0.25, -0.2) is 14.8 Å². The maximum absolute atomic E-state index is 13.0. The van der Waals surface area contributed by atoms with Crippen molar-refractivity contribution in [2.24, 2.45) is 0 Å². The maximum Gasteiger partial charge on any atom is 0.471 e. The van der Waals surface area contributed by atoms with Gasteiger partial charge in [-0.15, -0.1) is 0 Å². The highest BCUT2D eigenvalue weighted by atomic mass is 32.2. The molecule has 1 aromatic rings. The van der Waals surface area contributed by atoms with E-state index in [4.69, 9.17) is 4.74 Å². The molecule has 0 aliphatic carbocycles. The van der Waals surface area contributed by atoms with Gasteiger partial charge >= 0.3 is 18.2 Å². The van der Waals surface area contributed by atoms with Crippen molar-refractivity contribution in [3.8, 4) is 6.07 Å². The zero-order valence-electron chi connectivity index (χ0n) is 18.8. The SMILES string of the molecule is CSc1nc2c(c(N3CCN(C(=O)OC(C)(C)C)[C@@H](CC#N)C3)n1)CN(C(=O)C(F)(F)F)C2. The zero-order valence-corrected chi connectivity index (χ0v) is 19.6. The van der Waals surface area contributed by atoms with Gasteiger partial charge in [-0.2, -0.15) is 18.4 Å². The number of halogens is 3. The maximum atomic E-state index is 13.0. The van der Waals surface area contributed by atoms with E-state index < -0.39 is 29.8 Å². The van der Waals surface area contributed by atoms with E-state index in [2.05, 4.69) is 16.0 Å². The minimum Gasteiger partial charge on any atom is -0.444 e. The number of ether oxygens (including phenoxy) is 1. The smallest absolute Gasteiger partial charge is 0.444 e. The molecule has 1 atom stereocenters. The highest BCUT2D eigenvalue weighted by Gasteiger charge is 2.45. The number of anilines is 1. The first-order valence-corrected chi connectivity index (χ1v) is 11.5. The summed E-state index contributed by atoms with van der Waals surface area (Å²) in [4.78, 5) is 37.3. The average Bonchev–Trinajstić information content (AvgIpc) is 3.14. The summed E-state index contributed by atoms with van der Waals surface area (Å²) in [5.41, 5.74) is 0.126. The molecule has 13 heteroatoms. The Kier molecular flexibility index (Phi) is 6.97. The van der Waals surface area contributed by atoms with E-state index in [1.54, 1.807) is 27.0 Å². The Morgan fingerprint density at radius 1 is 1.21 bits per heavy atom. The van der Waals surface area contributed by atoms with E-state index in [9.17, 15) is 28.0 Å². The van der Waals surface area contributed by atoms with Gasteiger partial charge in [0.25, 0.3) is 0 Å². The van der Waals surface area contributed by atoms with Crippen molar-refractivity contribution >= 4 is 29.6 Å². The van der Waals surface area contributed by atoms with Gasteiger partial charge in [0, 0.05) is 25.2 Å². The Balaban J connectivity index is 1.87. The fourth-order valence-electron chi connectivity index (χ4n) is 3.78. The molecule has 9 nitrogen and oxygen atoms in total. The van der Waals surface area contributed by atoms with Gasteiger partial charge in [0.2, 0.25) is 0 Å². The van der Waals surface area contributed by atoms with Crippen LogP contribution in [0.2, 0.25) is 0 Å². The molecule has 0 aromatic carbocycles. The molecule has 0 unspecified atom stereocenters. The second-order valence-corrected chi connectivity index (χ2v) is 9.53. The molecule has 0 bridgehead atoms. The zero-order chi connectivity index (χ0) is 24.6. The molecule has 1 aromatic heterocycles. The number of alkyl halides is 3. The Labute approximate surface area is 193 Å². The summed E-state index contributed by atoms with van der Waals surface area (Å²) in [5.74, 6) is -1.50. The Morgan fingerprint density at radius 2 is 1.91 bits per heavy atom. The third-order valence-electron chi connectivity index (χ3n) is 5.19. The van der Waals surface area contributed by atoms with Crippen LogP contribution in [0.25, 0.3) is 0 Å². The monoisotopic (exact) mass is 486 g/mol. The Morgan fingerprint density at radius 3 is 2.48 bits per heavy atom. The molecular formula is C20H25F3N6O3S. The molecule has 33 heavy (non-hydrogen) atoms. The summed E-state index contributed by atoms with van der Waals surface area (Å²) in [6, 6.07) is 1.59. The summed E-state index contributed by atoms with van der Waals surface area (Å²) in [6.45, 7) is 5.58. The van der Waals surface area contributed by atoms with Crippen molar-refractivity contribution in [3.63, 3.8) is 0 Å². The predicted octanol–water partition coefficient (Wildman–Crippen LogP) is 2.94. The topological polar surface area (TPSA) is 103 Å². The van der Waals surface area contributed by atoms with E-state index in [0.717, 1.165) is 0 Å². The van der Waals surface area contributed by atoms with Crippen molar-refractivity contribution < 1.29 is 27.5 Å². The molecule has 0 radical (unpaired) electrons. The predicted molar refractivity (Wildman–Crippen MR) is 113 cm³/mol. The number of aromatic nitrogens is 2.